The predicted molar refractivity (Wildman–Crippen MR) is 114 cm³/mol. The molecule has 0 spiro atoms. The summed E-state index contributed by atoms with van der Waals surface area (Å²) < 4.78 is 20.4. The predicted octanol–water partition coefficient (Wildman–Crippen LogP) is 2.83. The molecular formula is C22H23N3O4S. The van der Waals surface area contributed by atoms with Crippen molar-refractivity contribution < 1.29 is 18.8 Å². The van der Waals surface area contributed by atoms with Gasteiger partial charge in [0, 0.05) is 35.8 Å². The van der Waals surface area contributed by atoms with Crippen molar-refractivity contribution in [3.8, 4) is 11.4 Å². The zero-order valence-corrected chi connectivity index (χ0v) is 17.2. The topological polar surface area (TPSA) is 93.5 Å². The second-order valence-electron chi connectivity index (χ2n) is 6.99. The van der Waals surface area contributed by atoms with Gasteiger partial charge in [-0.2, -0.15) is 0 Å². The molecule has 2 N–H and O–H groups in total. The zero-order valence-electron chi connectivity index (χ0n) is 16.4. The molecule has 1 aromatic heterocycles. The number of ether oxygens (including phenoxy) is 1. The molecule has 1 aliphatic heterocycles. The lowest BCUT2D eigenvalue weighted by molar-refractivity contribution is -0.116. The fourth-order valence-corrected chi connectivity index (χ4v) is 4.56. The third-order valence-electron chi connectivity index (χ3n) is 4.95. The summed E-state index contributed by atoms with van der Waals surface area (Å²) in [6, 6.07) is 13.1. The van der Waals surface area contributed by atoms with E-state index in [2.05, 4.69) is 10.3 Å². The first kappa shape index (κ1) is 20.3. The number of carbonyl (C=O) groups excluding carboxylic acids is 1. The van der Waals surface area contributed by atoms with Crippen LogP contribution in [0.2, 0.25) is 0 Å². The molecule has 0 fully saturated rings. The van der Waals surface area contributed by atoms with Crippen LogP contribution in [0.1, 0.15) is 24.0 Å². The van der Waals surface area contributed by atoms with Crippen molar-refractivity contribution in [2.75, 3.05) is 17.7 Å². The number of fused-ring (bicyclic) bond motifs is 1. The van der Waals surface area contributed by atoms with Crippen LogP contribution in [-0.4, -0.2) is 37.1 Å². The molecule has 1 aliphatic rings. The van der Waals surface area contributed by atoms with Gasteiger partial charge in [0.25, 0.3) is 0 Å². The highest BCUT2D eigenvalue weighted by molar-refractivity contribution is 7.84. The molecule has 2 heterocycles. The van der Waals surface area contributed by atoms with Gasteiger partial charge in [-0.15, -0.1) is 0 Å². The van der Waals surface area contributed by atoms with E-state index in [4.69, 9.17) is 4.74 Å². The van der Waals surface area contributed by atoms with Gasteiger partial charge in [0.2, 0.25) is 11.1 Å². The van der Waals surface area contributed by atoms with Crippen molar-refractivity contribution in [2.24, 2.45) is 0 Å². The standard InChI is InChI=1S/C22H23N3O4S/c26-15-17-4-1-2-5-20(17)25-11-10-23-22(25)30(28)13-3-12-29-18-7-8-19-16(14-18)6-9-21(27)24-19/h1-2,4-5,7-8,10-11,14,26H,3,6,9,12-13,15H2,(H,24,27)/t30-/m1/s1. The van der Waals surface area contributed by atoms with E-state index < -0.39 is 10.8 Å². The van der Waals surface area contributed by atoms with Crippen molar-refractivity contribution in [1.82, 2.24) is 9.55 Å². The number of hydrogen-bond donors (Lipinski definition) is 2. The molecule has 0 aliphatic carbocycles. The molecule has 7 nitrogen and oxygen atoms in total. The number of nitrogens with zero attached hydrogens (tertiary/aromatic N) is 2. The minimum absolute atomic E-state index is 0.0404. The Morgan fingerprint density at radius 3 is 2.93 bits per heavy atom. The van der Waals surface area contributed by atoms with E-state index in [1.54, 1.807) is 17.0 Å². The maximum atomic E-state index is 12.8. The monoisotopic (exact) mass is 425 g/mol. The Bertz CT molecular complexity index is 1080. The molecule has 0 radical (unpaired) electrons. The fourth-order valence-electron chi connectivity index (χ4n) is 3.44. The Morgan fingerprint density at radius 2 is 2.07 bits per heavy atom. The number of aliphatic hydroxyl groups is 1. The minimum atomic E-state index is -1.30. The number of benzene rings is 2. The summed E-state index contributed by atoms with van der Waals surface area (Å²) in [5, 5.41) is 12.9. The number of aromatic nitrogens is 2. The maximum absolute atomic E-state index is 12.8. The van der Waals surface area contributed by atoms with Gasteiger partial charge in [0.05, 0.1) is 29.7 Å². The quantitative estimate of drug-likeness (QED) is 0.542. The zero-order chi connectivity index (χ0) is 20.9. The number of imidazole rings is 1. The van der Waals surface area contributed by atoms with Crippen molar-refractivity contribution in [3.63, 3.8) is 0 Å². The van der Waals surface area contributed by atoms with Crippen LogP contribution in [0.4, 0.5) is 5.69 Å². The average molecular weight is 426 g/mol. The Labute approximate surface area is 177 Å². The Balaban J connectivity index is 1.34. The van der Waals surface area contributed by atoms with Gasteiger partial charge in [-0.1, -0.05) is 18.2 Å². The molecule has 1 atom stereocenters. The van der Waals surface area contributed by atoms with Crippen LogP contribution in [0.3, 0.4) is 0 Å². The van der Waals surface area contributed by atoms with Crippen molar-refractivity contribution in [1.29, 1.82) is 0 Å². The highest BCUT2D eigenvalue weighted by atomic mass is 32.2. The van der Waals surface area contributed by atoms with E-state index in [-0.39, 0.29) is 12.5 Å². The number of hydrogen-bond acceptors (Lipinski definition) is 5. The second kappa shape index (κ2) is 9.23. The van der Waals surface area contributed by atoms with Crippen LogP contribution in [0, 0.1) is 0 Å². The maximum Gasteiger partial charge on any atom is 0.224 e. The van der Waals surface area contributed by atoms with Crippen molar-refractivity contribution in [3.05, 3.63) is 66.0 Å². The average Bonchev–Trinajstić information content (AvgIpc) is 3.26. The molecule has 156 valence electrons. The third kappa shape index (κ3) is 4.44. The first-order chi connectivity index (χ1) is 14.7. The van der Waals surface area contributed by atoms with Gasteiger partial charge in [0.15, 0.2) is 0 Å². The van der Waals surface area contributed by atoms with E-state index in [0.717, 1.165) is 28.3 Å². The fraction of sp³-hybridized carbons (Fsp3) is 0.273. The smallest absolute Gasteiger partial charge is 0.224 e. The Kier molecular flexibility index (Phi) is 6.25. The van der Waals surface area contributed by atoms with Gasteiger partial charge >= 0.3 is 0 Å². The number of para-hydroxylation sites is 1. The molecule has 2 aromatic carbocycles. The highest BCUT2D eigenvalue weighted by Crippen LogP contribution is 2.27. The van der Waals surface area contributed by atoms with Gasteiger partial charge in [-0.05, 0) is 42.7 Å². The van der Waals surface area contributed by atoms with Gasteiger partial charge in [-0.3, -0.25) is 13.6 Å². The van der Waals surface area contributed by atoms with E-state index in [9.17, 15) is 14.1 Å². The number of nitrogens with one attached hydrogen (secondary N) is 1. The highest BCUT2D eigenvalue weighted by Gasteiger charge is 2.16. The minimum Gasteiger partial charge on any atom is -0.494 e. The number of carbonyl (C=O) groups is 1. The molecular weight excluding hydrogens is 402 g/mol. The van der Waals surface area contributed by atoms with Crippen molar-refractivity contribution in [2.45, 2.75) is 31.0 Å². The van der Waals surface area contributed by atoms with Crippen LogP contribution >= 0.6 is 0 Å². The number of aliphatic hydroxyl groups excluding tert-OH is 1. The lowest BCUT2D eigenvalue weighted by Crippen LogP contribution is -2.18. The second-order valence-corrected chi connectivity index (χ2v) is 8.45. The first-order valence-electron chi connectivity index (χ1n) is 9.82. The lowest BCUT2D eigenvalue weighted by atomic mass is 10.0. The molecule has 4 rings (SSSR count). The van der Waals surface area contributed by atoms with Crippen LogP contribution in [0.15, 0.2) is 60.0 Å². The summed E-state index contributed by atoms with van der Waals surface area (Å²) >= 11 is 0. The van der Waals surface area contributed by atoms with E-state index in [0.29, 0.717) is 36.8 Å². The number of amides is 1. The molecule has 3 aromatic rings. The van der Waals surface area contributed by atoms with Gasteiger partial charge in [-0.25, -0.2) is 4.98 Å². The summed E-state index contributed by atoms with van der Waals surface area (Å²) in [4.78, 5) is 15.7. The van der Waals surface area contributed by atoms with Crippen LogP contribution in [0.5, 0.6) is 5.75 Å². The normalized spacial score (nSPS) is 14.1. The summed E-state index contributed by atoms with van der Waals surface area (Å²) in [5.74, 6) is 1.20. The molecule has 0 saturated carbocycles. The largest absolute Gasteiger partial charge is 0.494 e. The summed E-state index contributed by atoms with van der Waals surface area (Å²) in [6.45, 7) is 0.337. The van der Waals surface area contributed by atoms with Gasteiger partial charge in [0.1, 0.15) is 5.75 Å². The van der Waals surface area contributed by atoms with Crippen molar-refractivity contribution >= 4 is 22.4 Å². The van der Waals surface area contributed by atoms with Gasteiger partial charge < -0.3 is 15.2 Å². The van der Waals surface area contributed by atoms with Crippen LogP contribution < -0.4 is 10.1 Å². The number of anilines is 1. The molecule has 30 heavy (non-hydrogen) atoms. The first-order valence-corrected chi connectivity index (χ1v) is 11.1. The third-order valence-corrected chi connectivity index (χ3v) is 6.32. The summed E-state index contributed by atoms with van der Waals surface area (Å²) in [6.07, 6.45) is 5.17. The summed E-state index contributed by atoms with van der Waals surface area (Å²) in [7, 11) is -1.30. The summed E-state index contributed by atoms with van der Waals surface area (Å²) in [5.41, 5.74) is 3.44. The lowest BCUT2D eigenvalue weighted by Gasteiger charge is -2.17. The van der Waals surface area contributed by atoms with E-state index >= 15 is 0 Å². The molecule has 1 amide bonds. The molecule has 0 unspecified atom stereocenters. The molecule has 0 saturated heterocycles. The molecule has 8 heteroatoms. The van der Waals surface area contributed by atoms with E-state index in [1.165, 1.54) is 0 Å². The molecule has 0 bridgehead atoms. The SMILES string of the molecule is O=C1CCc2cc(OCCC[S@@](=O)c3nccn3-c3ccccc3CO)ccc2N1. The van der Waals surface area contributed by atoms with Crippen LogP contribution in [-0.2, 0) is 28.6 Å². The van der Waals surface area contributed by atoms with E-state index in [1.807, 2.05) is 42.5 Å². The number of rotatable bonds is 8. The number of aryl methyl sites for hydroxylation is 1. The Morgan fingerprint density at radius 1 is 1.20 bits per heavy atom. The van der Waals surface area contributed by atoms with Crippen LogP contribution in [0.25, 0.3) is 5.69 Å². The Hall–Kier alpha value is -2.97.